The second-order valence-corrected chi connectivity index (χ2v) is 8.58. The number of halogens is 4. The Hall–Kier alpha value is -1.90. The first-order chi connectivity index (χ1) is 14.8. The van der Waals surface area contributed by atoms with E-state index in [0.29, 0.717) is 70.7 Å². The summed E-state index contributed by atoms with van der Waals surface area (Å²) >= 11 is 24.0. The van der Waals surface area contributed by atoms with Gasteiger partial charge in [-0.25, -0.2) is 9.59 Å². The third-order valence-electron chi connectivity index (χ3n) is 4.72. The van der Waals surface area contributed by atoms with Crippen LogP contribution in [-0.2, 0) is 0 Å². The predicted molar refractivity (Wildman–Crippen MR) is 127 cm³/mol. The van der Waals surface area contributed by atoms with Crippen LogP contribution in [0.1, 0.15) is 0 Å². The van der Waals surface area contributed by atoms with Gasteiger partial charge in [-0.15, -0.1) is 0 Å². The Balaban J connectivity index is 1.38. The first-order valence-electron chi connectivity index (χ1n) is 9.55. The van der Waals surface area contributed by atoms with Gasteiger partial charge in [-0.2, -0.15) is 0 Å². The van der Waals surface area contributed by atoms with Crippen molar-refractivity contribution in [3.63, 3.8) is 0 Å². The van der Waals surface area contributed by atoms with Gasteiger partial charge in [0.15, 0.2) is 0 Å². The monoisotopic (exact) mass is 503 g/mol. The largest absolute Gasteiger partial charge is 0.337 e. The van der Waals surface area contributed by atoms with E-state index >= 15 is 0 Å². The van der Waals surface area contributed by atoms with Crippen LogP contribution in [-0.4, -0.2) is 61.1 Å². The molecule has 0 bridgehead atoms. The van der Waals surface area contributed by atoms with E-state index in [0.717, 1.165) is 0 Å². The molecule has 2 aromatic rings. The van der Waals surface area contributed by atoms with Crippen LogP contribution in [0.3, 0.4) is 0 Å². The van der Waals surface area contributed by atoms with E-state index in [1.54, 1.807) is 41.3 Å². The summed E-state index contributed by atoms with van der Waals surface area (Å²) in [7, 11) is 0. The highest BCUT2D eigenvalue weighted by Crippen LogP contribution is 2.26. The van der Waals surface area contributed by atoms with Crippen LogP contribution in [0.25, 0.3) is 0 Å². The molecule has 0 saturated carbocycles. The smallest absolute Gasteiger partial charge is 0.321 e. The van der Waals surface area contributed by atoms with Gasteiger partial charge >= 0.3 is 12.1 Å². The first-order valence-corrected chi connectivity index (χ1v) is 11.1. The van der Waals surface area contributed by atoms with Crippen molar-refractivity contribution in [2.24, 2.45) is 0 Å². The van der Waals surface area contributed by atoms with Gasteiger partial charge in [-0.05, 0) is 36.4 Å². The van der Waals surface area contributed by atoms with Gasteiger partial charge < -0.3 is 20.9 Å². The van der Waals surface area contributed by atoms with Crippen molar-refractivity contribution in [1.29, 1.82) is 0 Å². The minimum absolute atomic E-state index is 0.222. The summed E-state index contributed by atoms with van der Waals surface area (Å²) in [6, 6.07) is 9.19. The van der Waals surface area contributed by atoms with Gasteiger partial charge in [-0.3, -0.25) is 4.90 Å². The Bertz CT molecular complexity index is 948. The third-order valence-corrected chi connectivity index (χ3v) is 5.85. The molecular formula is C20H21Cl4N5O2. The molecule has 1 saturated heterocycles. The minimum atomic E-state index is -0.361. The molecule has 0 spiro atoms. The third kappa shape index (κ3) is 7.05. The molecule has 0 unspecified atom stereocenters. The van der Waals surface area contributed by atoms with Crippen molar-refractivity contribution in [1.82, 2.24) is 15.1 Å². The van der Waals surface area contributed by atoms with E-state index in [4.69, 9.17) is 46.4 Å². The number of nitrogens with zero attached hydrogens (tertiary/aromatic N) is 2. The zero-order valence-corrected chi connectivity index (χ0v) is 19.5. The first kappa shape index (κ1) is 23.8. The van der Waals surface area contributed by atoms with Crippen molar-refractivity contribution in [2.45, 2.75) is 0 Å². The van der Waals surface area contributed by atoms with Crippen LogP contribution in [0.2, 0.25) is 20.1 Å². The van der Waals surface area contributed by atoms with E-state index in [1.165, 1.54) is 0 Å². The van der Waals surface area contributed by atoms with Crippen LogP contribution >= 0.6 is 46.4 Å². The maximum Gasteiger partial charge on any atom is 0.321 e. The Labute approximate surface area is 200 Å². The van der Waals surface area contributed by atoms with Gasteiger partial charge in [0, 0.05) is 49.3 Å². The molecule has 4 amide bonds. The summed E-state index contributed by atoms with van der Waals surface area (Å²) in [5.41, 5.74) is 0.933. The van der Waals surface area contributed by atoms with E-state index in [1.807, 2.05) is 0 Å². The van der Waals surface area contributed by atoms with Crippen molar-refractivity contribution in [3.8, 4) is 0 Å². The molecule has 1 heterocycles. The molecular weight excluding hydrogens is 484 g/mol. The van der Waals surface area contributed by atoms with Crippen LogP contribution in [0.4, 0.5) is 21.0 Å². The molecule has 0 atom stereocenters. The summed E-state index contributed by atoms with van der Waals surface area (Å²) in [5, 5.41) is 10.1. The fourth-order valence-electron chi connectivity index (χ4n) is 3.05. The Kier molecular flexibility index (Phi) is 8.51. The standard InChI is InChI=1S/C20H21Cl4N5O2/c21-13-1-3-15(23)17(11-13)26-19(30)25-5-6-28-7-9-29(10-8-28)20(31)27-18-12-14(22)2-4-16(18)24/h1-4,11-12H,5-10H2,(H,27,31)(H2,25,26,30). The molecule has 1 aliphatic heterocycles. The fraction of sp³-hybridized carbons (Fsp3) is 0.300. The maximum atomic E-state index is 12.5. The topological polar surface area (TPSA) is 76.7 Å². The molecule has 1 aliphatic rings. The number of piperazine rings is 1. The lowest BCUT2D eigenvalue weighted by atomic mass is 10.3. The number of urea groups is 2. The highest BCUT2D eigenvalue weighted by atomic mass is 35.5. The average Bonchev–Trinajstić information content (AvgIpc) is 2.74. The zero-order valence-electron chi connectivity index (χ0n) is 16.4. The number of rotatable bonds is 5. The summed E-state index contributed by atoms with van der Waals surface area (Å²) in [6.45, 7) is 3.63. The molecule has 0 aromatic heterocycles. The molecule has 11 heteroatoms. The molecule has 0 radical (unpaired) electrons. The maximum absolute atomic E-state index is 12.5. The molecule has 166 valence electrons. The second kappa shape index (κ2) is 11.1. The van der Waals surface area contributed by atoms with Crippen molar-refractivity contribution in [2.75, 3.05) is 49.9 Å². The highest BCUT2D eigenvalue weighted by molar-refractivity contribution is 6.36. The predicted octanol–water partition coefficient (Wildman–Crippen LogP) is 5.27. The number of hydrogen-bond acceptors (Lipinski definition) is 3. The summed E-state index contributed by atoms with van der Waals surface area (Å²) in [6.07, 6.45) is 0. The van der Waals surface area contributed by atoms with Crippen molar-refractivity contribution in [3.05, 3.63) is 56.5 Å². The van der Waals surface area contributed by atoms with Crippen molar-refractivity contribution < 1.29 is 9.59 Å². The molecule has 0 aliphatic carbocycles. The van der Waals surface area contributed by atoms with Crippen LogP contribution in [0.15, 0.2) is 36.4 Å². The Morgan fingerprint density at radius 2 is 1.35 bits per heavy atom. The fourth-order valence-corrected chi connectivity index (χ4v) is 3.72. The number of hydrogen-bond donors (Lipinski definition) is 3. The number of carbonyl (C=O) groups excluding carboxylic acids is 2. The van der Waals surface area contributed by atoms with Gasteiger partial charge in [0.25, 0.3) is 0 Å². The van der Waals surface area contributed by atoms with Crippen molar-refractivity contribution >= 4 is 69.8 Å². The molecule has 2 aromatic carbocycles. The van der Waals surface area contributed by atoms with E-state index in [9.17, 15) is 9.59 Å². The number of carbonyl (C=O) groups is 2. The summed E-state index contributed by atoms with van der Waals surface area (Å²) < 4.78 is 0. The Morgan fingerprint density at radius 1 is 0.806 bits per heavy atom. The normalized spacial score (nSPS) is 14.3. The molecule has 1 fully saturated rings. The SMILES string of the molecule is O=C(NCCN1CCN(C(=O)Nc2cc(Cl)ccc2Cl)CC1)Nc1cc(Cl)ccc1Cl. The van der Waals surface area contributed by atoms with E-state index in [2.05, 4.69) is 20.9 Å². The number of amides is 4. The molecule has 3 rings (SSSR count). The quantitative estimate of drug-likeness (QED) is 0.519. The summed E-state index contributed by atoms with van der Waals surface area (Å²) in [4.78, 5) is 28.4. The van der Waals surface area contributed by atoms with Crippen LogP contribution < -0.4 is 16.0 Å². The molecule has 31 heavy (non-hydrogen) atoms. The lowest BCUT2D eigenvalue weighted by Crippen LogP contribution is -2.51. The minimum Gasteiger partial charge on any atom is -0.337 e. The number of benzene rings is 2. The lowest BCUT2D eigenvalue weighted by molar-refractivity contribution is 0.148. The van der Waals surface area contributed by atoms with Gasteiger partial charge in [0.05, 0.1) is 21.4 Å². The molecule has 3 N–H and O–H groups in total. The number of anilines is 2. The highest BCUT2D eigenvalue weighted by Gasteiger charge is 2.21. The average molecular weight is 505 g/mol. The second-order valence-electron chi connectivity index (χ2n) is 6.89. The van der Waals surface area contributed by atoms with E-state index < -0.39 is 0 Å². The number of nitrogens with one attached hydrogen (secondary N) is 3. The zero-order chi connectivity index (χ0) is 22.4. The Morgan fingerprint density at radius 3 is 1.94 bits per heavy atom. The van der Waals surface area contributed by atoms with Gasteiger partial charge in [0.1, 0.15) is 0 Å². The molecule has 7 nitrogen and oxygen atoms in total. The van der Waals surface area contributed by atoms with E-state index in [-0.39, 0.29) is 12.1 Å². The lowest BCUT2D eigenvalue weighted by Gasteiger charge is -2.34. The van der Waals surface area contributed by atoms with Gasteiger partial charge in [-0.1, -0.05) is 46.4 Å². The summed E-state index contributed by atoms with van der Waals surface area (Å²) in [5.74, 6) is 0. The van der Waals surface area contributed by atoms with Crippen LogP contribution in [0, 0.1) is 0 Å². The van der Waals surface area contributed by atoms with Gasteiger partial charge in [0.2, 0.25) is 0 Å². The van der Waals surface area contributed by atoms with Crippen LogP contribution in [0.5, 0.6) is 0 Å².